The lowest BCUT2D eigenvalue weighted by atomic mass is 9.79. The fraction of sp³-hybridized carbons (Fsp3) is 0.476. The van der Waals surface area contributed by atoms with Crippen LogP contribution in [0.1, 0.15) is 27.2 Å². The van der Waals surface area contributed by atoms with Gasteiger partial charge in [-0.05, 0) is 45.4 Å². The second-order valence-corrected chi connectivity index (χ2v) is 9.30. The quantitative estimate of drug-likeness (QED) is 0.708. The van der Waals surface area contributed by atoms with Gasteiger partial charge in [-0.1, -0.05) is 11.6 Å². The minimum Gasteiger partial charge on any atom is -0.450 e. The Bertz CT molecular complexity index is 960. The summed E-state index contributed by atoms with van der Waals surface area (Å²) in [6, 6.07) is 3.96. The number of anilines is 1. The number of benzene rings is 1. The Kier molecular flexibility index (Phi) is 5.22. The summed E-state index contributed by atoms with van der Waals surface area (Å²) in [5, 5.41) is 0.175. The van der Waals surface area contributed by atoms with Gasteiger partial charge in [-0.25, -0.2) is 19.2 Å². The Hall–Kier alpha value is -2.61. The third-order valence-electron chi connectivity index (χ3n) is 5.21. The molecule has 30 heavy (non-hydrogen) atoms. The summed E-state index contributed by atoms with van der Waals surface area (Å²) in [6.07, 6.45) is 3.67. The van der Waals surface area contributed by atoms with Crippen LogP contribution in [0.15, 0.2) is 30.7 Å². The molecule has 3 heterocycles. The molecule has 2 aliphatic heterocycles. The van der Waals surface area contributed by atoms with Gasteiger partial charge in [0.2, 0.25) is 0 Å². The number of halogens is 2. The molecule has 1 amide bonds. The van der Waals surface area contributed by atoms with E-state index in [2.05, 4.69) is 14.9 Å². The number of likely N-dealkylation sites (tertiary alicyclic amines) is 1. The molecule has 0 unspecified atom stereocenters. The Morgan fingerprint density at radius 2 is 2.00 bits per heavy atom. The first-order chi connectivity index (χ1) is 14.1. The number of carbonyl (C=O) groups is 1. The minimum atomic E-state index is -0.507. The molecular formula is C21H24ClFN4O3. The maximum Gasteiger partial charge on any atom is 0.410 e. The molecule has 0 N–H and O–H groups in total. The Labute approximate surface area is 179 Å². The van der Waals surface area contributed by atoms with Crippen molar-refractivity contribution in [1.29, 1.82) is 0 Å². The van der Waals surface area contributed by atoms with Gasteiger partial charge in [0.1, 0.15) is 23.5 Å². The molecule has 2 aliphatic rings. The van der Waals surface area contributed by atoms with Gasteiger partial charge in [0, 0.05) is 31.6 Å². The molecule has 4 rings (SSSR count). The molecule has 9 heteroatoms. The second kappa shape index (κ2) is 7.58. The van der Waals surface area contributed by atoms with Crippen molar-refractivity contribution in [1.82, 2.24) is 14.9 Å². The van der Waals surface area contributed by atoms with Gasteiger partial charge < -0.3 is 19.3 Å². The highest BCUT2D eigenvalue weighted by molar-refractivity contribution is 6.32. The molecule has 160 valence electrons. The van der Waals surface area contributed by atoms with Gasteiger partial charge in [-0.2, -0.15) is 0 Å². The monoisotopic (exact) mass is 434 g/mol. The van der Waals surface area contributed by atoms with Crippen LogP contribution in [0.4, 0.5) is 15.0 Å². The molecule has 2 aromatic rings. The smallest absolute Gasteiger partial charge is 0.410 e. The van der Waals surface area contributed by atoms with Crippen LogP contribution in [-0.4, -0.2) is 52.7 Å². The third kappa shape index (κ3) is 4.28. The molecule has 7 nitrogen and oxygen atoms in total. The number of aromatic nitrogens is 2. The first-order valence-electron chi connectivity index (χ1n) is 9.80. The van der Waals surface area contributed by atoms with Crippen LogP contribution in [0.25, 0.3) is 0 Å². The molecule has 2 saturated heterocycles. The van der Waals surface area contributed by atoms with E-state index in [-0.39, 0.29) is 16.5 Å². The van der Waals surface area contributed by atoms with Crippen LogP contribution in [0.2, 0.25) is 5.02 Å². The van der Waals surface area contributed by atoms with Crippen molar-refractivity contribution < 1.29 is 18.7 Å². The molecule has 1 spiro atoms. The van der Waals surface area contributed by atoms with Crippen molar-refractivity contribution in [3.05, 3.63) is 41.6 Å². The van der Waals surface area contributed by atoms with Crippen molar-refractivity contribution in [2.45, 2.75) is 32.8 Å². The molecule has 0 radical (unpaired) electrons. The van der Waals surface area contributed by atoms with Gasteiger partial charge in [0.25, 0.3) is 0 Å². The lowest BCUT2D eigenvalue weighted by Crippen LogP contribution is -2.58. The minimum absolute atomic E-state index is 0.0205. The Balaban J connectivity index is 1.43. The largest absolute Gasteiger partial charge is 0.450 e. The Morgan fingerprint density at radius 3 is 2.70 bits per heavy atom. The van der Waals surface area contributed by atoms with E-state index in [0.29, 0.717) is 30.4 Å². The van der Waals surface area contributed by atoms with Gasteiger partial charge in [-0.3, -0.25) is 0 Å². The number of ether oxygens (including phenoxy) is 2. The topological polar surface area (TPSA) is 67.8 Å². The first kappa shape index (κ1) is 20.7. The fourth-order valence-electron chi connectivity index (χ4n) is 3.89. The summed E-state index contributed by atoms with van der Waals surface area (Å²) in [5.41, 5.74) is -0.486. The summed E-state index contributed by atoms with van der Waals surface area (Å²) >= 11 is 6.08. The number of carbonyl (C=O) groups excluding carboxylic acids is 1. The van der Waals surface area contributed by atoms with E-state index in [9.17, 15) is 9.18 Å². The summed E-state index contributed by atoms with van der Waals surface area (Å²) in [6.45, 7) is 8.43. The molecular weight excluding hydrogens is 411 g/mol. The summed E-state index contributed by atoms with van der Waals surface area (Å²) in [5.74, 6) is 0.994. The highest BCUT2D eigenvalue weighted by atomic mass is 35.5. The molecule has 0 aliphatic carbocycles. The lowest BCUT2D eigenvalue weighted by Gasteiger charge is -2.48. The SMILES string of the molecule is CC(C)(C)OC(=O)N1CCC2(C1)CN(c1ncncc1Oc1ccc(F)cc1Cl)C2. The third-order valence-corrected chi connectivity index (χ3v) is 5.51. The fourth-order valence-corrected chi connectivity index (χ4v) is 4.09. The lowest BCUT2D eigenvalue weighted by molar-refractivity contribution is 0.0265. The van der Waals surface area contributed by atoms with Gasteiger partial charge >= 0.3 is 6.09 Å². The van der Waals surface area contributed by atoms with Crippen molar-refractivity contribution in [3.8, 4) is 11.5 Å². The standard InChI is InChI=1S/C21H24ClFN4O3/c1-20(2,3)30-19(28)26-7-6-21(10-26)11-27(12-21)18-17(9-24-13-25-18)29-16-5-4-14(23)8-15(16)22/h4-5,8-9,13H,6-7,10-12H2,1-3H3. The average Bonchev–Trinajstić information content (AvgIpc) is 3.08. The van der Waals surface area contributed by atoms with E-state index in [1.807, 2.05) is 20.8 Å². The van der Waals surface area contributed by atoms with Crippen molar-refractivity contribution >= 4 is 23.5 Å². The first-order valence-corrected chi connectivity index (χ1v) is 10.2. The van der Waals surface area contributed by atoms with Gasteiger partial charge in [0.05, 0.1) is 11.2 Å². The maximum atomic E-state index is 13.3. The summed E-state index contributed by atoms with van der Waals surface area (Å²) in [4.78, 5) is 24.6. The Morgan fingerprint density at radius 1 is 1.23 bits per heavy atom. The van der Waals surface area contributed by atoms with Crippen LogP contribution in [0.5, 0.6) is 11.5 Å². The van der Waals surface area contributed by atoms with Crippen LogP contribution in [0, 0.1) is 11.2 Å². The van der Waals surface area contributed by atoms with E-state index < -0.39 is 11.4 Å². The zero-order valence-electron chi connectivity index (χ0n) is 17.2. The zero-order valence-corrected chi connectivity index (χ0v) is 17.9. The van der Waals surface area contributed by atoms with Crippen LogP contribution in [-0.2, 0) is 4.74 Å². The number of hydrogen-bond donors (Lipinski definition) is 0. The second-order valence-electron chi connectivity index (χ2n) is 8.90. The zero-order chi connectivity index (χ0) is 21.5. The van der Waals surface area contributed by atoms with Crippen LogP contribution >= 0.6 is 11.6 Å². The van der Waals surface area contributed by atoms with E-state index in [4.69, 9.17) is 21.1 Å². The van der Waals surface area contributed by atoms with E-state index in [1.165, 1.54) is 24.5 Å². The molecule has 1 aromatic heterocycles. The van der Waals surface area contributed by atoms with Crippen LogP contribution in [0.3, 0.4) is 0 Å². The van der Waals surface area contributed by atoms with E-state index in [0.717, 1.165) is 19.5 Å². The molecule has 0 saturated carbocycles. The highest BCUT2D eigenvalue weighted by Gasteiger charge is 2.50. The van der Waals surface area contributed by atoms with Crippen molar-refractivity contribution in [2.24, 2.45) is 5.41 Å². The molecule has 2 fully saturated rings. The maximum absolute atomic E-state index is 13.3. The van der Waals surface area contributed by atoms with Gasteiger partial charge in [-0.15, -0.1) is 0 Å². The molecule has 1 aromatic carbocycles. The summed E-state index contributed by atoms with van der Waals surface area (Å²) in [7, 11) is 0. The highest BCUT2D eigenvalue weighted by Crippen LogP contribution is 2.44. The van der Waals surface area contributed by atoms with E-state index in [1.54, 1.807) is 11.1 Å². The van der Waals surface area contributed by atoms with Crippen molar-refractivity contribution in [3.63, 3.8) is 0 Å². The normalized spacial score (nSPS) is 17.8. The number of amides is 1. The van der Waals surface area contributed by atoms with E-state index >= 15 is 0 Å². The predicted octanol–water partition coefficient (Wildman–Crippen LogP) is 4.51. The predicted molar refractivity (Wildman–Crippen MR) is 111 cm³/mol. The average molecular weight is 435 g/mol. The number of hydrogen-bond acceptors (Lipinski definition) is 6. The summed E-state index contributed by atoms with van der Waals surface area (Å²) < 4.78 is 24.7. The van der Waals surface area contributed by atoms with Crippen molar-refractivity contribution in [2.75, 3.05) is 31.1 Å². The molecule has 0 atom stereocenters. The number of nitrogens with zero attached hydrogens (tertiary/aromatic N) is 4. The number of rotatable bonds is 3. The van der Waals surface area contributed by atoms with Gasteiger partial charge in [0.15, 0.2) is 11.6 Å². The molecule has 0 bridgehead atoms. The van der Waals surface area contributed by atoms with Crippen LogP contribution < -0.4 is 9.64 Å².